The van der Waals surface area contributed by atoms with Crippen molar-refractivity contribution in [1.29, 1.82) is 0 Å². The van der Waals surface area contributed by atoms with Crippen LogP contribution in [-0.4, -0.2) is 73.2 Å². The van der Waals surface area contributed by atoms with Crippen LogP contribution in [0.1, 0.15) is 10.4 Å². The Bertz CT molecular complexity index is 1510. The van der Waals surface area contributed by atoms with Crippen LogP contribution in [0, 0.1) is 0 Å². The van der Waals surface area contributed by atoms with Gasteiger partial charge in [-0.25, -0.2) is 3.63 Å². The number of carbonyl (C=O) groups is 1. The van der Waals surface area contributed by atoms with Gasteiger partial charge in [0.25, 0.3) is 0 Å². The molecule has 0 fully saturated rings. The smallest absolute Gasteiger partial charge is 0.293 e. The summed E-state index contributed by atoms with van der Waals surface area (Å²) in [6.45, 7) is 0. The van der Waals surface area contributed by atoms with Gasteiger partial charge in [0.15, 0.2) is 5.78 Å². The van der Waals surface area contributed by atoms with Crippen LogP contribution in [0.15, 0.2) is 65.6 Å². The molecule has 0 spiro atoms. The summed E-state index contributed by atoms with van der Waals surface area (Å²) in [6, 6.07) is 10.8. The number of hydrogen-bond acceptors (Lipinski definition) is 4. The van der Waals surface area contributed by atoms with E-state index < -0.39 is 83.8 Å². The van der Waals surface area contributed by atoms with Gasteiger partial charge in [0.05, 0.1) is 5.75 Å². The number of halogens is 17. The van der Waals surface area contributed by atoms with Crippen molar-refractivity contribution in [1.82, 2.24) is 0 Å². The van der Waals surface area contributed by atoms with Gasteiger partial charge in [-0.05, 0) is 18.4 Å². The second kappa shape index (κ2) is 11.7. The van der Waals surface area contributed by atoms with E-state index in [1.54, 1.807) is 0 Å². The Morgan fingerprint density at radius 2 is 0.913 bits per heavy atom. The minimum atomic E-state index is -8.97. The maximum atomic E-state index is 14.7. The second-order valence-electron chi connectivity index (χ2n) is 9.23. The monoisotopic (exact) mass is 742 g/mol. The van der Waals surface area contributed by atoms with Crippen molar-refractivity contribution < 1.29 is 91.5 Å². The summed E-state index contributed by atoms with van der Waals surface area (Å²) in [5.74, 6) is -54.9. The summed E-state index contributed by atoms with van der Waals surface area (Å²) < 4.78 is 261. The lowest BCUT2D eigenvalue weighted by Crippen LogP contribution is -2.75. The molecular weight excluding hydrogens is 727 g/mol. The predicted octanol–water partition coefficient (Wildman–Crippen LogP) is 8.59. The van der Waals surface area contributed by atoms with Crippen LogP contribution in [0.4, 0.5) is 74.6 Å². The van der Waals surface area contributed by atoms with Crippen molar-refractivity contribution in [2.75, 3.05) is 12.0 Å². The third-order valence-corrected chi connectivity index (χ3v) is 10.9. The van der Waals surface area contributed by atoms with Crippen molar-refractivity contribution in [3.05, 3.63) is 66.2 Å². The maximum absolute atomic E-state index is 14.7. The summed E-state index contributed by atoms with van der Waals surface area (Å²) >= 11 is 0. The lowest BCUT2D eigenvalue weighted by molar-refractivity contribution is -0.458. The van der Waals surface area contributed by atoms with Crippen molar-refractivity contribution in [3.63, 3.8) is 0 Å². The van der Waals surface area contributed by atoms with Gasteiger partial charge in [-0.1, -0.05) is 58.8 Å². The zero-order chi connectivity index (χ0) is 36.2. The highest BCUT2D eigenvalue weighted by Crippen LogP contribution is 2.65. The van der Waals surface area contributed by atoms with Gasteiger partial charge >= 0.3 is 57.1 Å². The van der Waals surface area contributed by atoms with Crippen molar-refractivity contribution in [3.8, 4) is 0 Å². The minimum absolute atomic E-state index is 0.305. The van der Waals surface area contributed by atoms with Crippen LogP contribution in [0.25, 0.3) is 0 Å². The number of benzene rings is 2. The van der Waals surface area contributed by atoms with Gasteiger partial charge in [-0.3, -0.25) is 4.79 Å². The van der Waals surface area contributed by atoms with Gasteiger partial charge in [-0.15, -0.1) is 0 Å². The van der Waals surface area contributed by atoms with Gasteiger partial charge in [0, 0.05) is 10.5 Å². The molecule has 0 saturated heterocycles. The maximum Gasteiger partial charge on any atom is 0.460 e. The first-order valence-corrected chi connectivity index (χ1v) is 14.9. The summed E-state index contributed by atoms with van der Waals surface area (Å²) in [5.41, 5.74) is -0.305. The van der Waals surface area contributed by atoms with E-state index in [1.807, 2.05) is 0 Å². The van der Waals surface area contributed by atoms with E-state index in [0.29, 0.717) is 6.26 Å². The molecule has 2 aromatic carbocycles. The Balaban J connectivity index is 2.68. The molecule has 2 aromatic rings. The minimum Gasteiger partial charge on any atom is -0.293 e. The van der Waals surface area contributed by atoms with Crippen LogP contribution in [0.3, 0.4) is 0 Å². The standard InChI is InChI=1S/C23H15F17O4S2/c1-45(14-10-6-3-7-11-14,12-15(41)13-8-4-2-5-9-13)44-46(42,43)23(39,40)21(34,35)19(30,31)17(26,27)16(24,25)18(28,29)20(32,33)22(36,37)38/h2-11H,12H2,1H3. The van der Waals surface area contributed by atoms with Crippen LogP contribution < -0.4 is 0 Å². The van der Waals surface area contributed by atoms with Crippen LogP contribution in [0.5, 0.6) is 0 Å². The third-order valence-electron chi connectivity index (χ3n) is 5.99. The fraction of sp³-hybridized carbons (Fsp3) is 0.435. The van der Waals surface area contributed by atoms with E-state index in [9.17, 15) is 87.8 Å². The number of alkyl halides is 17. The predicted molar refractivity (Wildman–Crippen MR) is 125 cm³/mol. The van der Waals surface area contributed by atoms with E-state index in [4.69, 9.17) is 0 Å². The summed E-state index contributed by atoms with van der Waals surface area (Å²) in [5, 5.41) is -7.87. The first kappa shape index (κ1) is 39.4. The topological polar surface area (TPSA) is 60.4 Å². The molecule has 0 bridgehead atoms. The van der Waals surface area contributed by atoms with Gasteiger partial charge in [-0.2, -0.15) is 83.1 Å². The Hall–Kier alpha value is -2.82. The SMILES string of the molecule is CS(CC(=O)c1ccccc1)(OS(=O)(=O)C(F)(F)C(F)(F)C(F)(F)C(F)(F)C(F)(F)C(F)(F)C(F)(F)C(F)(F)F)c1ccccc1. The molecule has 0 aliphatic rings. The lowest BCUT2D eigenvalue weighted by Gasteiger charge is -2.43. The van der Waals surface area contributed by atoms with Gasteiger partial charge in [0.2, 0.25) is 0 Å². The van der Waals surface area contributed by atoms with Crippen molar-refractivity contribution >= 4 is 26.2 Å². The quantitative estimate of drug-likeness (QED) is 0.153. The first-order chi connectivity index (χ1) is 20.3. The highest BCUT2D eigenvalue weighted by molar-refractivity contribution is 8.33. The molecular formula is C23H15F17O4S2. The van der Waals surface area contributed by atoms with E-state index >= 15 is 0 Å². The molecule has 0 saturated carbocycles. The van der Waals surface area contributed by atoms with E-state index in [0.717, 1.165) is 36.4 Å². The molecule has 2 rings (SSSR count). The molecule has 1 unspecified atom stereocenters. The molecule has 23 heteroatoms. The third kappa shape index (κ3) is 5.90. The van der Waals surface area contributed by atoms with Gasteiger partial charge in [0.1, 0.15) is 0 Å². The van der Waals surface area contributed by atoms with Gasteiger partial charge < -0.3 is 0 Å². The number of Topliss-reactive ketones (excluding diaryl/α,β-unsaturated/α-hetero) is 1. The Morgan fingerprint density at radius 1 is 0.565 bits per heavy atom. The highest BCUT2D eigenvalue weighted by Gasteiger charge is 2.96. The fourth-order valence-corrected chi connectivity index (χ4v) is 7.80. The van der Waals surface area contributed by atoms with Crippen LogP contribution in [-0.2, 0) is 13.7 Å². The van der Waals surface area contributed by atoms with Crippen molar-refractivity contribution in [2.24, 2.45) is 0 Å². The first-order valence-electron chi connectivity index (χ1n) is 11.4. The molecule has 0 aliphatic heterocycles. The van der Waals surface area contributed by atoms with Crippen LogP contribution >= 0.6 is 10.3 Å². The Morgan fingerprint density at radius 3 is 1.30 bits per heavy atom. The normalized spacial score (nSPS) is 16.9. The molecule has 0 aliphatic carbocycles. The summed E-state index contributed by atoms with van der Waals surface area (Å²) in [7, 11) is -12.2. The highest BCUT2D eigenvalue weighted by atomic mass is 32.3. The molecule has 1 atom stereocenters. The molecule has 0 N–H and O–H groups in total. The van der Waals surface area contributed by atoms with E-state index in [1.165, 1.54) is 24.3 Å². The molecule has 0 aromatic heterocycles. The van der Waals surface area contributed by atoms with Crippen LogP contribution in [0.2, 0.25) is 0 Å². The zero-order valence-corrected chi connectivity index (χ0v) is 23.5. The Labute approximate surface area is 248 Å². The molecule has 4 nitrogen and oxygen atoms in total. The fourth-order valence-electron chi connectivity index (χ4n) is 3.36. The number of ketones is 1. The second-order valence-corrected chi connectivity index (χ2v) is 14.0. The number of carbonyl (C=O) groups excluding carboxylic acids is 1. The summed E-state index contributed by atoms with van der Waals surface area (Å²) in [6.07, 6.45) is -7.45. The number of rotatable bonds is 13. The molecule has 262 valence electrons. The average Bonchev–Trinajstić information content (AvgIpc) is 2.92. The zero-order valence-electron chi connectivity index (χ0n) is 21.9. The van der Waals surface area contributed by atoms with E-state index in [-0.39, 0.29) is 5.56 Å². The number of hydrogen-bond donors (Lipinski definition) is 0. The summed E-state index contributed by atoms with van der Waals surface area (Å²) in [4.78, 5) is 12.1. The van der Waals surface area contributed by atoms with E-state index in [2.05, 4.69) is 3.63 Å². The lowest BCUT2D eigenvalue weighted by atomic mass is 9.91. The average molecular weight is 742 g/mol. The molecule has 0 radical (unpaired) electrons. The molecule has 46 heavy (non-hydrogen) atoms. The largest absolute Gasteiger partial charge is 0.460 e. The van der Waals surface area contributed by atoms with Crippen molar-refractivity contribution in [2.45, 2.75) is 51.9 Å². The molecule has 0 amide bonds. The Kier molecular flexibility index (Phi) is 10.0. The molecule has 0 heterocycles.